The topological polar surface area (TPSA) is 66.3 Å². The number of fused-ring (bicyclic) bond motifs is 9. The molecule has 0 amide bonds. The monoisotopic (exact) mass is 881 g/mol. The van der Waals surface area contributed by atoms with Crippen molar-refractivity contribution in [1.82, 2.24) is 33.6 Å². The number of pyridine rings is 1. The fourth-order valence-electron chi connectivity index (χ4n) is 10.5. The van der Waals surface area contributed by atoms with E-state index in [0.29, 0.717) is 17.5 Å². The lowest BCUT2D eigenvalue weighted by Gasteiger charge is -2.23. The van der Waals surface area contributed by atoms with Gasteiger partial charge < -0.3 is 4.57 Å². The predicted molar refractivity (Wildman–Crippen MR) is 282 cm³/mol. The first kappa shape index (κ1) is 38.8. The van der Waals surface area contributed by atoms with Gasteiger partial charge >= 0.3 is 0 Å². The van der Waals surface area contributed by atoms with Crippen molar-refractivity contribution >= 4 is 65.4 Å². The van der Waals surface area contributed by atoms with Crippen LogP contribution in [-0.4, -0.2) is 33.6 Å². The van der Waals surface area contributed by atoms with Crippen LogP contribution in [-0.2, 0) is 0 Å². The van der Waals surface area contributed by atoms with Gasteiger partial charge in [-0.3, -0.25) is 9.13 Å². The molecule has 0 spiro atoms. The Labute approximate surface area is 396 Å². The van der Waals surface area contributed by atoms with Crippen LogP contribution in [0.15, 0.2) is 237 Å². The number of aromatic nitrogens is 7. The molecule has 0 saturated carbocycles. The lowest BCUT2D eigenvalue weighted by molar-refractivity contribution is 0.984. The first-order valence-electron chi connectivity index (χ1n) is 23.2. The summed E-state index contributed by atoms with van der Waals surface area (Å²) in [5.41, 5.74) is 11.9. The van der Waals surface area contributed by atoms with Crippen LogP contribution in [0.1, 0.15) is 0 Å². The van der Waals surface area contributed by atoms with E-state index >= 15 is 0 Å². The molecule has 69 heavy (non-hydrogen) atoms. The summed E-state index contributed by atoms with van der Waals surface area (Å²) in [7, 11) is 0. The minimum atomic E-state index is 0.570. The SMILES string of the molecule is c1ccc(-c2nc(-c3ccccc3)nc(-c3ccccc3-c3cc(-n4c5ccccc5c5ccccc54)nc(-n4c5ccccc5c5ccccc54)c3-n3c4ccccc4c4ccccc43)n2)cc1. The van der Waals surface area contributed by atoms with E-state index in [1.54, 1.807) is 0 Å². The van der Waals surface area contributed by atoms with Crippen molar-refractivity contribution in [2.45, 2.75) is 0 Å². The zero-order valence-electron chi connectivity index (χ0n) is 37.1. The van der Waals surface area contributed by atoms with Crippen LogP contribution in [0.2, 0.25) is 0 Å². The zero-order chi connectivity index (χ0) is 45.4. The smallest absolute Gasteiger partial charge is 0.165 e. The summed E-state index contributed by atoms with van der Waals surface area (Å²) < 4.78 is 7.13. The first-order chi connectivity index (χ1) is 34.3. The molecule has 0 unspecified atom stereocenters. The Kier molecular flexibility index (Phi) is 8.75. The van der Waals surface area contributed by atoms with Gasteiger partial charge in [0.2, 0.25) is 0 Å². The Morgan fingerprint density at radius 3 is 1.01 bits per heavy atom. The molecule has 14 aromatic rings. The van der Waals surface area contributed by atoms with E-state index in [0.717, 1.165) is 111 Å². The van der Waals surface area contributed by atoms with Crippen molar-refractivity contribution in [2.75, 3.05) is 0 Å². The largest absolute Gasteiger partial charge is 0.305 e. The third-order valence-electron chi connectivity index (χ3n) is 13.5. The first-order valence-corrected chi connectivity index (χ1v) is 23.2. The maximum absolute atomic E-state index is 5.99. The van der Waals surface area contributed by atoms with Crippen molar-refractivity contribution in [3.8, 4) is 62.6 Å². The number of benzene rings is 9. The summed E-state index contributed by atoms with van der Waals surface area (Å²) in [6.07, 6.45) is 0. The van der Waals surface area contributed by atoms with E-state index < -0.39 is 0 Å². The van der Waals surface area contributed by atoms with Crippen LogP contribution < -0.4 is 0 Å². The molecule has 9 aromatic carbocycles. The maximum Gasteiger partial charge on any atom is 0.165 e. The second kappa shape index (κ2) is 15.6. The molecule has 0 aliphatic rings. The van der Waals surface area contributed by atoms with Gasteiger partial charge in [-0.15, -0.1) is 0 Å². The van der Waals surface area contributed by atoms with Crippen molar-refractivity contribution in [3.05, 3.63) is 237 Å². The van der Waals surface area contributed by atoms with Gasteiger partial charge in [0.05, 0.1) is 38.8 Å². The molecule has 0 atom stereocenters. The van der Waals surface area contributed by atoms with Gasteiger partial charge in [0, 0.05) is 54.6 Å². The molecule has 0 aliphatic carbocycles. The Morgan fingerprint density at radius 1 is 0.246 bits per heavy atom. The summed E-state index contributed by atoms with van der Waals surface area (Å²) in [5, 5.41) is 6.94. The number of hydrogen-bond donors (Lipinski definition) is 0. The molecule has 7 heteroatoms. The molecule has 0 fully saturated rings. The molecule has 5 aromatic heterocycles. The van der Waals surface area contributed by atoms with E-state index in [1.165, 1.54) is 0 Å². The average molecular weight is 882 g/mol. The minimum Gasteiger partial charge on any atom is -0.305 e. The highest BCUT2D eigenvalue weighted by Crippen LogP contribution is 2.45. The molecule has 0 radical (unpaired) electrons. The van der Waals surface area contributed by atoms with E-state index in [1.807, 2.05) is 36.4 Å². The second-order valence-corrected chi connectivity index (χ2v) is 17.4. The molecular formula is C62H39N7. The van der Waals surface area contributed by atoms with Crippen LogP contribution in [0.4, 0.5) is 0 Å². The zero-order valence-corrected chi connectivity index (χ0v) is 37.1. The molecule has 0 bridgehead atoms. The molecular weight excluding hydrogens is 843 g/mol. The third kappa shape index (κ3) is 6.07. The molecule has 14 rings (SSSR count). The lowest BCUT2D eigenvalue weighted by Crippen LogP contribution is -2.11. The number of nitrogens with zero attached hydrogens (tertiary/aromatic N) is 7. The predicted octanol–water partition coefficient (Wildman–Crippen LogP) is 15.2. The molecule has 5 heterocycles. The van der Waals surface area contributed by atoms with Gasteiger partial charge in [0.25, 0.3) is 0 Å². The summed E-state index contributed by atoms with van der Waals surface area (Å²) in [6, 6.07) is 83.3. The highest BCUT2D eigenvalue weighted by Gasteiger charge is 2.28. The summed E-state index contributed by atoms with van der Waals surface area (Å²) in [5.74, 6) is 3.34. The van der Waals surface area contributed by atoms with Gasteiger partial charge in [-0.2, -0.15) is 0 Å². The fourth-order valence-corrected chi connectivity index (χ4v) is 10.5. The van der Waals surface area contributed by atoms with E-state index in [2.05, 4.69) is 214 Å². The van der Waals surface area contributed by atoms with Crippen molar-refractivity contribution in [1.29, 1.82) is 0 Å². The Morgan fingerprint density at radius 2 is 0.580 bits per heavy atom. The van der Waals surface area contributed by atoms with E-state index in [9.17, 15) is 0 Å². The van der Waals surface area contributed by atoms with Gasteiger partial charge in [-0.1, -0.05) is 194 Å². The standard InChI is InChI=1S/C62H39N7/c1-3-21-40(22-4-1)59-64-60(41-23-5-2-6-24-41)66-61(65-59)49-32-8-7-25-42(49)50-39-57(67-51-33-15-9-26-43(51)44-27-10-16-34-52(44)67)63-62(69-55-37-19-13-30-47(55)48-31-14-20-38-56(48)69)58(50)68-53-35-17-11-28-45(53)46-29-12-18-36-54(46)68/h1-39H. The Bertz CT molecular complexity index is 4100. The lowest BCUT2D eigenvalue weighted by atomic mass is 9.97. The molecule has 0 N–H and O–H groups in total. The molecule has 0 aliphatic heterocycles. The second-order valence-electron chi connectivity index (χ2n) is 17.4. The number of hydrogen-bond acceptors (Lipinski definition) is 4. The summed E-state index contributed by atoms with van der Waals surface area (Å²) >= 11 is 0. The van der Waals surface area contributed by atoms with Gasteiger partial charge in [-0.25, -0.2) is 19.9 Å². The molecule has 0 saturated heterocycles. The third-order valence-corrected chi connectivity index (χ3v) is 13.5. The van der Waals surface area contributed by atoms with Gasteiger partial charge in [-0.05, 0) is 48.0 Å². The number of para-hydroxylation sites is 6. The quantitative estimate of drug-likeness (QED) is 0.160. The van der Waals surface area contributed by atoms with Crippen molar-refractivity contribution in [2.24, 2.45) is 0 Å². The molecule has 7 nitrogen and oxygen atoms in total. The van der Waals surface area contributed by atoms with Crippen LogP contribution in [0.25, 0.3) is 128 Å². The van der Waals surface area contributed by atoms with Crippen LogP contribution in [0.5, 0.6) is 0 Å². The highest BCUT2D eigenvalue weighted by atomic mass is 15.2. The average Bonchev–Trinajstić information content (AvgIpc) is 4.07. The maximum atomic E-state index is 5.99. The van der Waals surface area contributed by atoms with E-state index in [-0.39, 0.29) is 0 Å². The van der Waals surface area contributed by atoms with Crippen LogP contribution in [0, 0.1) is 0 Å². The Hall–Kier alpha value is -9.46. The fraction of sp³-hybridized carbons (Fsp3) is 0. The summed E-state index contributed by atoms with van der Waals surface area (Å²) in [4.78, 5) is 21.7. The normalized spacial score (nSPS) is 11.8. The van der Waals surface area contributed by atoms with Crippen LogP contribution in [0.3, 0.4) is 0 Å². The number of rotatable bonds is 7. The highest BCUT2D eigenvalue weighted by molar-refractivity contribution is 6.13. The Balaban J connectivity index is 1.18. The van der Waals surface area contributed by atoms with Gasteiger partial charge in [0.1, 0.15) is 5.82 Å². The summed E-state index contributed by atoms with van der Waals surface area (Å²) in [6.45, 7) is 0. The minimum absolute atomic E-state index is 0.570. The van der Waals surface area contributed by atoms with Gasteiger partial charge in [0.15, 0.2) is 23.3 Å². The van der Waals surface area contributed by atoms with Crippen molar-refractivity contribution in [3.63, 3.8) is 0 Å². The van der Waals surface area contributed by atoms with Crippen LogP contribution >= 0.6 is 0 Å². The molecule has 322 valence electrons. The van der Waals surface area contributed by atoms with Crippen molar-refractivity contribution < 1.29 is 0 Å². The van der Waals surface area contributed by atoms with E-state index in [4.69, 9.17) is 19.9 Å².